The van der Waals surface area contributed by atoms with Crippen LogP contribution in [0.2, 0.25) is 0 Å². The fourth-order valence-electron chi connectivity index (χ4n) is 2.43. The minimum atomic E-state index is -1.35. The second-order valence-electron chi connectivity index (χ2n) is 5.62. The molecule has 2 aromatic carbocycles. The SMILES string of the molecule is NC(=O)OCC(O)C(N)C(=O)[C@H](N)Cc1ccc2ccccc2c1. The van der Waals surface area contributed by atoms with Gasteiger partial charge in [0.05, 0.1) is 12.1 Å². The maximum absolute atomic E-state index is 12.2. The molecule has 7 heteroatoms. The number of carbonyl (C=O) groups is 2. The van der Waals surface area contributed by atoms with E-state index >= 15 is 0 Å². The first-order valence-electron chi connectivity index (χ1n) is 7.51. The first kappa shape index (κ1) is 17.9. The molecule has 0 saturated carbocycles. The van der Waals surface area contributed by atoms with E-state index in [1.165, 1.54) is 0 Å². The van der Waals surface area contributed by atoms with Gasteiger partial charge in [0.25, 0.3) is 0 Å². The number of Topliss-reactive ketones (excluding diaryl/α,β-unsaturated/α-hetero) is 1. The largest absolute Gasteiger partial charge is 0.447 e. The van der Waals surface area contributed by atoms with Gasteiger partial charge in [-0.3, -0.25) is 4.79 Å². The summed E-state index contributed by atoms with van der Waals surface area (Å²) in [5.74, 6) is -0.510. The van der Waals surface area contributed by atoms with E-state index in [4.69, 9.17) is 17.2 Å². The van der Waals surface area contributed by atoms with Crippen molar-refractivity contribution in [3.8, 4) is 0 Å². The second-order valence-corrected chi connectivity index (χ2v) is 5.62. The van der Waals surface area contributed by atoms with Gasteiger partial charge in [0.2, 0.25) is 0 Å². The average Bonchev–Trinajstić information content (AvgIpc) is 2.58. The van der Waals surface area contributed by atoms with E-state index in [1.54, 1.807) is 0 Å². The van der Waals surface area contributed by atoms with Crippen LogP contribution in [-0.4, -0.2) is 41.8 Å². The van der Waals surface area contributed by atoms with E-state index in [0.717, 1.165) is 16.3 Å². The van der Waals surface area contributed by atoms with Gasteiger partial charge in [-0.2, -0.15) is 0 Å². The van der Waals surface area contributed by atoms with Crippen LogP contribution in [0.3, 0.4) is 0 Å². The quantitative estimate of drug-likeness (QED) is 0.565. The zero-order valence-corrected chi connectivity index (χ0v) is 13.1. The first-order chi connectivity index (χ1) is 11.4. The molecule has 0 aromatic heterocycles. The zero-order chi connectivity index (χ0) is 17.7. The second kappa shape index (κ2) is 7.87. The van der Waals surface area contributed by atoms with E-state index in [1.807, 2.05) is 42.5 Å². The fourth-order valence-corrected chi connectivity index (χ4v) is 2.43. The molecule has 0 fully saturated rings. The predicted molar refractivity (Wildman–Crippen MR) is 90.2 cm³/mol. The van der Waals surface area contributed by atoms with Crippen molar-refractivity contribution in [3.05, 3.63) is 48.0 Å². The number of aliphatic hydroxyl groups is 1. The molecule has 2 rings (SSSR count). The van der Waals surface area contributed by atoms with Crippen LogP contribution in [0, 0.1) is 0 Å². The van der Waals surface area contributed by atoms with Crippen molar-refractivity contribution in [1.29, 1.82) is 0 Å². The Labute approximate surface area is 139 Å². The van der Waals surface area contributed by atoms with Crippen LogP contribution < -0.4 is 17.2 Å². The van der Waals surface area contributed by atoms with Gasteiger partial charge in [-0.1, -0.05) is 42.5 Å². The monoisotopic (exact) mass is 331 g/mol. The number of hydrogen-bond acceptors (Lipinski definition) is 6. The molecule has 0 saturated heterocycles. The molecule has 128 valence electrons. The van der Waals surface area contributed by atoms with Gasteiger partial charge in [0.15, 0.2) is 5.78 Å². The average molecular weight is 331 g/mol. The molecule has 0 aliphatic heterocycles. The number of amides is 1. The number of aliphatic hydroxyl groups excluding tert-OH is 1. The summed E-state index contributed by atoms with van der Waals surface area (Å²) in [6, 6.07) is 11.5. The number of carbonyl (C=O) groups excluding carboxylic acids is 2. The normalized spacial score (nSPS) is 14.8. The maximum Gasteiger partial charge on any atom is 0.404 e. The lowest BCUT2D eigenvalue weighted by molar-refractivity contribution is -0.124. The molecule has 3 atom stereocenters. The molecular formula is C17H21N3O4. The van der Waals surface area contributed by atoms with Crippen molar-refractivity contribution in [1.82, 2.24) is 0 Å². The van der Waals surface area contributed by atoms with Crippen LogP contribution in [-0.2, 0) is 16.0 Å². The van der Waals surface area contributed by atoms with Crippen molar-refractivity contribution in [2.45, 2.75) is 24.6 Å². The number of benzene rings is 2. The molecule has 2 aromatic rings. The van der Waals surface area contributed by atoms with Crippen molar-refractivity contribution in [2.24, 2.45) is 17.2 Å². The Morgan fingerprint density at radius 1 is 1.08 bits per heavy atom. The van der Waals surface area contributed by atoms with Gasteiger partial charge in [0.1, 0.15) is 12.7 Å². The Morgan fingerprint density at radius 3 is 2.42 bits per heavy atom. The number of hydrogen-bond donors (Lipinski definition) is 4. The summed E-state index contributed by atoms with van der Waals surface area (Å²) in [5, 5.41) is 11.9. The lowest BCUT2D eigenvalue weighted by Gasteiger charge is -2.20. The van der Waals surface area contributed by atoms with E-state index in [-0.39, 0.29) is 0 Å². The Bertz CT molecular complexity index is 735. The summed E-state index contributed by atoms with van der Waals surface area (Å²) in [6.45, 7) is -0.453. The molecule has 0 aliphatic carbocycles. The third-order valence-corrected chi connectivity index (χ3v) is 3.77. The van der Waals surface area contributed by atoms with Crippen molar-refractivity contribution < 1.29 is 19.4 Å². The van der Waals surface area contributed by atoms with Crippen LogP contribution in [0.5, 0.6) is 0 Å². The summed E-state index contributed by atoms with van der Waals surface area (Å²) in [5.41, 5.74) is 17.3. The van der Waals surface area contributed by atoms with Gasteiger partial charge in [0, 0.05) is 0 Å². The van der Waals surface area contributed by atoms with E-state index in [9.17, 15) is 14.7 Å². The minimum absolute atomic E-state index is 0.292. The Morgan fingerprint density at radius 2 is 1.75 bits per heavy atom. The molecule has 0 spiro atoms. The highest BCUT2D eigenvalue weighted by atomic mass is 16.6. The number of nitrogens with two attached hydrogens (primary N) is 3. The molecule has 0 radical (unpaired) electrons. The number of ketones is 1. The van der Waals surface area contributed by atoms with Gasteiger partial charge in [-0.25, -0.2) is 4.79 Å². The third-order valence-electron chi connectivity index (χ3n) is 3.77. The molecule has 0 bridgehead atoms. The molecular weight excluding hydrogens is 310 g/mol. The van der Waals surface area contributed by atoms with Crippen LogP contribution in [0.15, 0.2) is 42.5 Å². The van der Waals surface area contributed by atoms with Gasteiger partial charge in [-0.15, -0.1) is 0 Å². The number of rotatable bonds is 7. The summed E-state index contributed by atoms with van der Waals surface area (Å²) < 4.78 is 4.44. The first-order valence-corrected chi connectivity index (χ1v) is 7.51. The molecule has 7 nitrogen and oxygen atoms in total. The Balaban J connectivity index is 2.00. The molecule has 2 unspecified atom stereocenters. The van der Waals surface area contributed by atoms with Crippen LogP contribution in [0.4, 0.5) is 4.79 Å². The highest BCUT2D eigenvalue weighted by molar-refractivity contribution is 5.90. The Hall–Kier alpha value is -2.48. The van der Waals surface area contributed by atoms with Crippen molar-refractivity contribution >= 4 is 22.6 Å². The predicted octanol–water partition coefficient (Wildman–Crippen LogP) is 0.0622. The van der Waals surface area contributed by atoms with Crippen LogP contribution in [0.1, 0.15) is 5.56 Å². The van der Waals surface area contributed by atoms with Crippen LogP contribution in [0.25, 0.3) is 10.8 Å². The zero-order valence-electron chi connectivity index (χ0n) is 13.1. The highest BCUT2D eigenvalue weighted by Gasteiger charge is 2.28. The fraction of sp³-hybridized carbons (Fsp3) is 0.294. The summed E-state index contributed by atoms with van der Waals surface area (Å²) in [4.78, 5) is 22.7. The van der Waals surface area contributed by atoms with Gasteiger partial charge < -0.3 is 27.0 Å². The lowest BCUT2D eigenvalue weighted by Crippen LogP contribution is -2.52. The standard InChI is InChI=1S/C17H21N3O4/c18-13(16(22)15(19)14(21)9-24-17(20)23)8-10-5-6-11-3-1-2-4-12(11)7-10/h1-7,13-15,21H,8-9,18-19H2,(H2,20,23)/t13-,14?,15?/m1/s1. The maximum atomic E-state index is 12.2. The Kier molecular flexibility index (Phi) is 5.86. The smallest absolute Gasteiger partial charge is 0.404 e. The van der Waals surface area contributed by atoms with Crippen LogP contribution >= 0.6 is 0 Å². The van der Waals surface area contributed by atoms with Crippen molar-refractivity contribution in [2.75, 3.05) is 6.61 Å². The molecule has 0 aliphatic rings. The molecule has 1 amide bonds. The highest BCUT2D eigenvalue weighted by Crippen LogP contribution is 2.16. The van der Waals surface area contributed by atoms with Gasteiger partial charge >= 0.3 is 6.09 Å². The molecule has 7 N–H and O–H groups in total. The molecule has 0 heterocycles. The van der Waals surface area contributed by atoms with Gasteiger partial charge in [-0.05, 0) is 22.8 Å². The minimum Gasteiger partial charge on any atom is -0.447 e. The number of ether oxygens (including phenoxy) is 1. The summed E-state index contributed by atoms with van der Waals surface area (Å²) in [6.07, 6.45) is -2.11. The van der Waals surface area contributed by atoms with E-state index < -0.39 is 36.7 Å². The summed E-state index contributed by atoms with van der Waals surface area (Å²) >= 11 is 0. The topological polar surface area (TPSA) is 142 Å². The van der Waals surface area contributed by atoms with E-state index in [0.29, 0.717) is 6.42 Å². The molecule has 24 heavy (non-hydrogen) atoms. The lowest BCUT2D eigenvalue weighted by atomic mass is 9.95. The number of fused-ring (bicyclic) bond motifs is 1. The summed E-state index contributed by atoms with van der Waals surface area (Å²) in [7, 11) is 0. The van der Waals surface area contributed by atoms with Crippen molar-refractivity contribution in [3.63, 3.8) is 0 Å². The van der Waals surface area contributed by atoms with E-state index in [2.05, 4.69) is 4.74 Å². The third kappa shape index (κ3) is 4.51. The number of primary amides is 1.